The third-order valence-electron chi connectivity index (χ3n) is 3.94. The van der Waals surface area contributed by atoms with Crippen molar-refractivity contribution in [3.63, 3.8) is 0 Å². The summed E-state index contributed by atoms with van der Waals surface area (Å²) >= 11 is 7.47. The van der Waals surface area contributed by atoms with Crippen LogP contribution in [0.4, 0.5) is 4.39 Å². The van der Waals surface area contributed by atoms with Gasteiger partial charge in [-0.2, -0.15) is 4.98 Å². The molecule has 2 aromatic carbocycles. The Kier molecular flexibility index (Phi) is 5.18. The van der Waals surface area contributed by atoms with Gasteiger partial charge in [-0.05, 0) is 48.5 Å². The zero-order chi connectivity index (χ0) is 19.5. The van der Waals surface area contributed by atoms with Crippen LogP contribution >= 0.6 is 22.9 Å². The van der Waals surface area contributed by atoms with E-state index in [1.807, 2.05) is 12.1 Å². The molecule has 0 fully saturated rings. The molecule has 0 aliphatic rings. The minimum atomic E-state index is -0.325. The fraction of sp³-hybridized carbons (Fsp3) is 0.0500. The lowest BCUT2D eigenvalue weighted by Gasteiger charge is -2.05. The Hall–Kier alpha value is -3.03. The third kappa shape index (κ3) is 3.95. The van der Waals surface area contributed by atoms with Crippen LogP contribution in [0.1, 0.15) is 15.2 Å². The Morgan fingerprint density at radius 3 is 2.68 bits per heavy atom. The fourth-order valence-electron chi connectivity index (χ4n) is 2.54. The van der Waals surface area contributed by atoms with Crippen LogP contribution in [-0.2, 0) is 6.54 Å². The van der Waals surface area contributed by atoms with Crippen LogP contribution in [0, 0.1) is 5.82 Å². The lowest BCUT2D eigenvalue weighted by Crippen LogP contribution is -2.22. The van der Waals surface area contributed by atoms with Crippen molar-refractivity contribution < 1.29 is 13.7 Å². The number of hydrogen-bond acceptors (Lipinski definition) is 5. The molecular formula is C20H13ClFN3O2S. The maximum absolute atomic E-state index is 13.0. The average molecular weight is 414 g/mol. The molecule has 0 saturated heterocycles. The molecular weight excluding hydrogens is 401 g/mol. The van der Waals surface area contributed by atoms with Gasteiger partial charge >= 0.3 is 0 Å². The van der Waals surface area contributed by atoms with Crippen molar-refractivity contribution >= 4 is 28.8 Å². The SMILES string of the molecule is O=C(NCc1ccc(-c2nc(-c3ccc(F)cc3)no2)s1)c1ccccc1Cl. The van der Waals surface area contributed by atoms with Crippen molar-refractivity contribution in [1.82, 2.24) is 15.5 Å². The monoisotopic (exact) mass is 413 g/mol. The zero-order valence-corrected chi connectivity index (χ0v) is 15.9. The average Bonchev–Trinajstić information content (AvgIpc) is 3.36. The lowest BCUT2D eigenvalue weighted by molar-refractivity contribution is 0.0951. The minimum absolute atomic E-state index is 0.239. The van der Waals surface area contributed by atoms with Gasteiger partial charge in [0, 0.05) is 10.4 Å². The molecule has 28 heavy (non-hydrogen) atoms. The van der Waals surface area contributed by atoms with Gasteiger partial charge in [0.05, 0.1) is 22.0 Å². The summed E-state index contributed by atoms with van der Waals surface area (Å²) in [7, 11) is 0. The summed E-state index contributed by atoms with van der Waals surface area (Å²) in [6.45, 7) is 0.355. The topological polar surface area (TPSA) is 68.0 Å². The first-order chi connectivity index (χ1) is 13.6. The second kappa shape index (κ2) is 7.92. The van der Waals surface area contributed by atoms with Crippen molar-refractivity contribution in [2.45, 2.75) is 6.54 Å². The highest BCUT2D eigenvalue weighted by Crippen LogP contribution is 2.29. The molecule has 2 aromatic heterocycles. The van der Waals surface area contributed by atoms with Gasteiger partial charge in [0.1, 0.15) is 5.82 Å². The first-order valence-electron chi connectivity index (χ1n) is 8.31. The van der Waals surface area contributed by atoms with E-state index >= 15 is 0 Å². The number of hydrogen-bond donors (Lipinski definition) is 1. The van der Waals surface area contributed by atoms with Crippen molar-refractivity contribution in [3.05, 3.63) is 81.9 Å². The molecule has 4 rings (SSSR count). The van der Waals surface area contributed by atoms with Crippen molar-refractivity contribution in [1.29, 1.82) is 0 Å². The van der Waals surface area contributed by atoms with Crippen LogP contribution < -0.4 is 5.32 Å². The van der Waals surface area contributed by atoms with Gasteiger partial charge in [0.2, 0.25) is 5.82 Å². The van der Waals surface area contributed by atoms with E-state index in [-0.39, 0.29) is 11.7 Å². The van der Waals surface area contributed by atoms with Crippen LogP contribution in [0.2, 0.25) is 5.02 Å². The minimum Gasteiger partial charge on any atom is -0.347 e. The number of carbonyl (C=O) groups is 1. The van der Waals surface area contributed by atoms with Crippen LogP contribution in [0.15, 0.2) is 65.2 Å². The number of nitrogens with zero attached hydrogens (tertiary/aromatic N) is 2. The van der Waals surface area contributed by atoms with Gasteiger partial charge < -0.3 is 9.84 Å². The van der Waals surface area contributed by atoms with Gasteiger partial charge in [-0.1, -0.05) is 28.9 Å². The first kappa shape index (κ1) is 18.3. The highest BCUT2D eigenvalue weighted by molar-refractivity contribution is 7.15. The maximum atomic E-state index is 13.0. The Labute approximate surface area is 168 Å². The number of rotatable bonds is 5. The molecule has 0 spiro atoms. The van der Waals surface area contributed by atoms with Gasteiger partial charge in [0.15, 0.2) is 0 Å². The molecule has 0 bridgehead atoms. The second-order valence-electron chi connectivity index (χ2n) is 5.86. The number of nitrogens with one attached hydrogen (secondary N) is 1. The Morgan fingerprint density at radius 2 is 1.89 bits per heavy atom. The number of benzene rings is 2. The molecule has 0 atom stereocenters. The van der Waals surface area contributed by atoms with Crippen molar-refractivity contribution in [2.24, 2.45) is 0 Å². The lowest BCUT2D eigenvalue weighted by atomic mass is 10.2. The van der Waals surface area contributed by atoms with E-state index < -0.39 is 0 Å². The fourth-order valence-corrected chi connectivity index (χ4v) is 3.63. The summed E-state index contributed by atoms with van der Waals surface area (Å²) in [6, 6.07) is 16.5. The van der Waals surface area contributed by atoms with E-state index in [0.717, 1.165) is 9.75 Å². The summed E-state index contributed by atoms with van der Waals surface area (Å²) in [5.74, 6) is 0.191. The van der Waals surface area contributed by atoms with Gasteiger partial charge in [0.25, 0.3) is 11.8 Å². The molecule has 1 N–H and O–H groups in total. The highest BCUT2D eigenvalue weighted by atomic mass is 35.5. The van der Waals surface area contributed by atoms with E-state index in [9.17, 15) is 9.18 Å². The predicted molar refractivity (Wildman–Crippen MR) is 106 cm³/mol. The molecule has 2 heterocycles. The van der Waals surface area contributed by atoms with Crippen molar-refractivity contribution in [3.8, 4) is 22.2 Å². The number of halogens is 2. The number of thiophene rings is 1. The molecule has 0 aliphatic heterocycles. The number of carbonyl (C=O) groups excluding carboxylic acids is 1. The highest BCUT2D eigenvalue weighted by Gasteiger charge is 2.14. The summed E-state index contributed by atoms with van der Waals surface area (Å²) < 4.78 is 18.3. The molecule has 1 amide bonds. The molecule has 4 aromatic rings. The van der Waals surface area contributed by atoms with Crippen LogP contribution in [0.5, 0.6) is 0 Å². The molecule has 0 radical (unpaired) electrons. The quantitative estimate of drug-likeness (QED) is 0.489. The maximum Gasteiger partial charge on any atom is 0.268 e. The van der Waals surface area contributed by atoms with E-state index in [0.29, 0.717) is 34.4 Å². The smallest absolute Gasteiger partial charge is 0.268 e. The Balaban J connectivity index is 1.44. The van der Waals surface area contributed by atoms with Crippen LogP contribution in [0.3, 0.4) is 0 Å². The summed E-state index contributed by atoms with van der Waals surface area (Å²) in [5, 5.41) is 7.19. The molecule has 8 heteroatoms. The summed E-state index contributed by atoms with van der Waals surface area (Å²) in [4.78, 5) is 18.3. The molecule has 0 unspecified atom stereocenters. The third-order valence-corrected chi connectivity index (χ3v) is 5.35. The molecule has 0 aliphatic carbocycles. The Morgan fingerprint density at radius 1 is 1.11 bits per heavy atom. The largest absolute Gasteiger partial charge is 0.347 e. The van der Waals surface area contributed by atoms with E-state index in [4.69, 9.17) is 16.1 Å². The normalized spacial score (nSPS) is 10.8. The van der Waals surface area contributed by atoms with Crippen molar-refractivity contribution in [2.75, 3.05) is 0 Å². The molecule has 5 nitrogen and oxygen atoms in total. The molecule has 140 valence electrons. The Bertz CT molecular complexity index is 1120. The van der Waals surface area contributed by atoms with E-state index in [1.54, 1.807) is 36.4 Å². The van der Waals surface area contributed by atoms with Gasteiger partial charge in [-0.25, -0.2) is 4.39 Å². The predicted octanol–water partition coefficient (Wildman–Crippen LogP) is 5.19. The number of amides is 1. The molecule has 0 saturated carbocycles. The van der Waals surface area contributed by atoms with E-state index in [2.05, 4.69) is 15.5 Å². The first-order valence-corrected chi connectivity index (χ1v) is 9.51. The standard InChI is InChI=1S/C20H13ClFN3O2S/c21-16-4-2-1-3-15(16)19(26)23-11-14-9-10-17(28-14)20-24-18(25-27-20)12-5-7-13(22)8-6-12/h1-10H,11H2,(H,23,26). The summed E-state index contributed by atoms with van der Waals surface area (Å²) in [5.41, 5.74) is 1.10. The van der Waals surface area contributed by atoms with Crippen LogP contribution in [-0.4, -0.2) is 16.0 Å². The second-order valence-corrected chi connectivity index (χ2v) is 7.43. The van der Waals surface area contributed by atoms with Gasteiger partial charge in [-0.15, -0.1) is 11.3 Å². The summed E-state index contributed by atoms with van der Waals surface area (Å²) in [6.07, 6.45) is 0. The van der Waals surface area contributed by atoms with Gasteiger partial charge in [-0.3, -0.25) is 4.79 Å². The van der Waals surface area contributed by atoms with Crippen LogP contribution in [0.25, 0.3) is 22.2 Å². The number of aromatic nitrogens is 2. The zero-order valence-electron chi connectivity index (χ0n) is 14.4. The van der Waals surface area contributed by atoms with E-state index in [1.165, 1.54) is 23.5 Å².